The van der Waals surface area contributed by atoms with Crippen molar-refractivity contribution >= 4 is 15.9 Å². The standard InChI is InChI=1S/C10H23N3O3S/c1-5-9(6-11)17(15,16)13(4)7-10(14)12-8(2)3/h8-9H,5-7,11H2,1-4H3,(H,12,14). The van der Waals surface area contributed by atoms with Gasteiger partial charge in [-0.3, -0.25) is 4.79 Å². The fourth-order valence-corrected chi connectivity index (χ4v) is 2.88. The Kier molecular flexibility index (Phi) is 6.66. The zero-order valence-electron chi connectivity index (χ0n) is 10.9. The first-order valence-electron chi connectivity index (χ1n) is 5.70. The molecule has 1 unspecified atom stereocenters. The molecule has 0 aromatic heterocycles. The van der Waals surface area contributed by atoms with E-state index in [2.05, 4.69) is 5.32 Å². The summed E-state index contributed by atoms with van der Waals surface area (Å²) in [7, 11) is -2.09. The molecule has 0 aliphatic carbocycles. The number of nitrogens with zero attached hydrogens (tertiary/aromatic N) is 1. The highest BCUT2D eigenvalue weighted by Gasteiger charge is 2.28. The van der Waals surface area contributed by atoms with Gasteiger partial charge in [0.25, 0.3) is 0 Å². The summed E-state index contributed by atoms with van der Waals surface area (Å²) in [5, 5.41) is 2.02. The zero-order chi connectivity index (χ0) is 13.6. The quantitative estimate of drug-likeness (QED) is 0.649. The van der Waals surface area contributed by atoms with Crippen LogP contribution in [-0.4, -0.2) is 50.1 Å². The van der Waals surface area contributed by atoms with E-state index < -0.39 is 15.3 Å². The molecule has 0 saturated heterocycles. The summed E-state index contributed by atoms with van der Waals surface area (Å²) in [6.45, 7) is 5.30. The monoisotopic (exact) mass is 265 g/mol. The summed E-state index contributed by atoms with van der Waals surface area (Å²) in [5.74, 6) is -0.307. The van der Waals surface area contributed by atoms with Gasteiger partial charge < -0.3 is 11.1 Å². The molecule has 1 atom stereocenters. The Morgan fingerprint density at radius 3 is 2.29 bits per heavy atom. The second-order valence-corrected chi connectivity index (χ2v) is 6.61. The molecule has 0 aliphatic heterocycles. The van der Waals surface area contributed by atoms with E-state index in [9.17, 15) is 13.2 Å². The zero-order valence-corrected chi connectivity index (χ0v) is 11.8. The Morgan fingerprint density at radius 2 is 1.94 bits per heavy atom. The molecule has 17 heavy (non-hydrogen) atoms. The molecule has 0 aromatic rings. The van der Waals surface area contributed by atoms with Gasteiger partial charge in [0.05, 0.1) is 11.8 Å². The Balaban J connectivity index is 4.59. The van der Waals surface area contributed by atoms with E-state index in [1.165, 1.54) is 7.05 Å². The van der Waals surface area contributed by atoms with Crippen molar-refractivity contribution in [2.45, 2.75) is 38.5 Å². The number of hydrogen-bond donors (Lipinski definition) is 2. The first-order chi connectivity index (χ1) is 7.75. The molecule has 102 valence electrons. The molecule has 0 saturated carbocycles. The fourth-order valence-electron chi connectivity index (χ4n) is 1.41. The van der Waals surface area contributed by atoms with Crippen molar-refractivity contribution in [2.75, 3.05) is 20.1 Å². The minimum absolute atomic E-state index is 0.00455. The highest BCUT2D eigenvalue weighted by atomic mass is 32.2. The van der Waals surface area contributed by atoms with Gasteiger partial charge in [0.1, 0.15) is 0 Å². The number of sulfonamides is 1. The summed E-state index contributed by atoms with van der Waals surface area (Å²) in [4.78, 5) is 11.5. The molecule has 0 rings (SSSR count). The summed E-state index contributed by atoms with van der Waals surface area (Å²) in [6, 6.07) is -0.00455. The molecule has 0 bridgehead atoms. The first kappa shape index (κ1) is 16.3. The van der Waals surface area contributed by atoms with Crippen LogP contribution in [0.4, 0.5) is 0 Å². The van der Waals surface area contributed by atoms with Crippen LogP contribution in [0.1, 0.15) is 27.2 Å². The van der Waals surface area contributed by atoms with E-state index in [0.29, 0.717) is 6.42 Å². The second kappa shape index (κ2) is 6.93. The number of carbonyl (C=O) groups excluding carboxylic acids is 1. The first-order valence-corrected chi connectivity index (χ1v) is 7.20. The van der Waals surface area contributed by atoms with Crippen LogP contribution >= 0.6 is 0 Å². The largest absolute Gasteiger partial charge is 0.353 e. The van der Waals surface area contributed by atoms with Gasteiger partial charge in [-0.1, -0.05) is 6.92 Å². The smallest absolute Gasteiger partial charge is 0.235 e. The lowest BCUT2D eigenvalue weighted by atomic mass is 10.3. The van der Waals surface area contributed by atoms with Gasteiger partial charge in [-0.2, -0.15) is 4.31 Å². The number of amides is 1. The highest BCUT2D eigenvalue weighted by molar-refractivity contribution is 7.89. The number of likely N-dealkylation sites (N-methyl/N-ethyl adjacent to an activating group) is 1. The van der Waals surface area contributed by atoms with E-state index in [-0.39, 0.29) is 25.0 Å². The van der Waals surface area contributed by atoms with Crippen LogP contribution in [0, 0.1) is 0 Å². The second-order valence-electron chi connectivity index (χ2n) is 4.29. The van der Waals surface area contributed by atoms with Crippen LogP contribution in [0.15, 0.2) is 0 Å². The minimum Gasteiger partial charge on any atom is -0.353 e. The molecule has 0 spiro atoms. The van der Waals surface area contributed by atoms with Crippen molar-refractivity contribution in [2.24, 2.45) is 5.73 Å². The average molecular weight is 265 g/mol. The number of nitrogens with one attached hydrogen (secondary N) is 1. The van der Waals surface area contributed by atoms with Crippen molar-refractivity contribution in [1.82, 2.24) is 9.62 Å². The van der Waals surface area contributed by atoms with E-state index in [1.807, 2.05) is 13.8 Å². The highest BCUT2D eigenvalue weighted by Crippen LogP contribution is 2.09. The number of carbonyl (C=O) groups is 1. The molecule has 0 aromatic carbocycles. The van der Waals surface area contributed by atoms with Gasteiger partial charge in [0.2, 0.25) is 15.9 Å². The van der Waals surface area contributed by atoms with E-state index in [0.717, 1.165) is 4.31 Å². The predicted octanol–water partition coefficient (Wildman–Crippen LogP) is -0.490. The van der Waals surface area contributed by atoms with E-state index in [4.69, 9.17) is 5.73 Å². The molecule has 0 fully saturated rings. The number of hydrogen-bond acceptors (Lipinski definition) is 4. The van der Waals surface area contributed by atoms with Crippen molar-refractivity contribution in [3.8, 4) is 0 Å². The van der Waals surface area contributed by atoms with Crippen molar-refractivity contribution < 1.29 is 13.2 Å². The molecule has 7 heteroatoms. The van der Waals surface area contributed by atoms with Gasteiger partial charge in [0.15, 0.2) is 0 Å². The van der Waals surface area contributed by atoms with Gasteiger partial charge in [-0.15, -0.1) is 0 Å². The van der Waals surface area contributed by atoms with Gasteiger partial charge in [-0.05, 0) is 20.3 Å². The molecular weight excluding hydrogens is 242 g/mol. The number of nitrogens with two attached hydrogens (primary N) is 1. The van der Waals surface area contributed by atoms with Crippen LogP contribution in [0.3, 0.4) is 0 Å². The fraction of sp³-hybridized carbons (Fsp3) is 0.900. The summed E-state index contributed by atoms with van der Waals surface area (Å²) in [6.07, 6.45) is 0.439. The molecule has 6 nitrogen and oxygen atoms in total. The van der Waals surface area contributed by atoms with Crippen LogP contribution in [-0.2, 0) is 14.8 Å². The molecule has 0 radical (unpaired) electrons. The molecule has 3 N–H and O–H groups in total. The average Bonchev–Trinajstić information content (AvgIpc) is 2.17. The van der Waals surface area contributed by atoms with Crippen molar-refractivity contribution in [1.29, 1.82) is 0 Å². The van der Waals surface area contributed by atoms with Crippen LogP contribution in [0.5, 0.6) is 0 Å². The molecule has 0 heterocycles. The SMILES string of the molecule is CCC(CN)S(=O)(=O)N(C)CC(=O)NC(C)C. The minimum atomic E-state index is -3.48. The van der Waals surface area contributed by atoms with E-state index in [1.54, 1.807) is 6.92 Å². The molecule has 1 amide bonds. The Bertz CT molecular complexity index is 337. The van der Waals surface area contributed by atoms with Crippen LogP contribution in [0.2, 0.25) is 0 Å². The maximum Gasteiger partial charge on any atom is 0.235 e. The summed E-state index contributed by atoms with van der Waals surface area (Å²) < 4.78 is 25.0. The maximum atomic E-state index is 12.0. The Morgan fingerprint density at radius 1 is 1.41 bits per heavy atom. The normalized spacial score (nSPS) is 14.1. The Hall–Kier alpha value is -0.660. The summed E-state index contributed by atoms with van der Waals surface area (Å²) in [5.41, 5.74) is 5.41. The van der Waals surface area contributed by atoms with Gasteiger partial charge >= 0.3 is 0 Å². The van der Waals surface area contributed by atoms with Crippen molar-refractivity contribution in [3.05, 3.63) is 0 Å². The van der Waals surface area contributed by atoms with Gasteiger partial charge in [-0.25, -0.2) is 8.42 Å². The maximum absolute atomic E-state index is 12.0. The Labute approximate surface area is 104 Å². The molecular formula is C10H23N3O3S. The third-order valence-electron chi connectivity index (χ3n) is 2.39. The lowest BCUT2D eigenvalue weighted by molar-refractivity contribution is -0.121. The van der Waals surface area contributed by atoms with E-state index >= 15 is 0 Å². The molecule has 0 aliphatic rings. The number of rotatable bonds is 7. The lowest BCUT2D eigenvalue weighted by Gasteiger charge is -2.22. The summed E-state index contributed by atoms with van der Waals surface area (Å²) >= 11 is 0. The topological polar surface area (TPSA) is 92.5 Å². The van der Waals surface area contributed by atoms with Gasteiger partial charge in [0, 0.05) is 19.6 Å². The van der Waals surface area contributed by atoms with Crippen molar-refractivity contribution in [3.63, 3.8) is 0 Å². The third-order valence-corrected chi connectivity index (χ3v) is 4.76. The lowest BCUT2D eigenvalue weighted by Crippen LogP contribution is -2.45. The van der Waals surface area contributed by atoms with Crippen LogP contribution < -0.4 is 11.1 Å². The van der Waals surface area contributed by atoms with Crippen LogP contribution in [0.25, 0.3) is 0 Å². The third kappa shape index (κ3) is 5.01. The predicted molar refractivity (Wildman–Crippen MR) is 68.0 cm³/mol.